The number of hydrogen-bond acceptors (Lipinski definition) is 3. The van der Waals surface area contributed by atoms with E-state index in [2.05, 4.69) is 10.6 Å². The summed E-state index contributed by atoms with van der Waals surface area (Å²) >= 11 is 0. The van der Waals surface area contributed by atoms with Crippen LogP contribution in [0, 0.1) is 5.92 Å². The van der Waals surface area contributed by atoms with Crippen molar-refractivity contribution < 1.29 is 9.90 Å². The number of aliphatic hydroxyl groups is 1. The first-order valence-corrected chi connectivity index (χ1v) is 7.44. The van der Waals surface area contributed by atoms with E-state index in [1.54, 1.807) is 0 Å². The number of rotatable bonds is 4. The van der Waals surface area contributed by atoms with Crippen LogP contribution in [0.1, 0.15) is 51.4 Å². The minimum absolute atomic E-state index is 0.000674. The number of amides is 1. The summed E-state index contributed by atoms with van der Waals surface area (Å²) < 4.78 is 0. The molecule has 1 amide bonds. The predicted octanol–water partition coefficient (Wildman–Crippen LogP) is 1.19. The smallest absolute Gasteiger partial charge is 0.220 e. The number of nitrogens with one attached hydrogen (secondary N) is 2. The van der Waals surface area contributed by atoms with Crippen LogP contribution in [-0.4, -0.2) is 36.2 Å². The highest BCUT2D eigenvalue weighted by molar-refractivity contribution is 5.76. The molecular weight excluding hydrogens is 228 g/mol. The Balaban J connectivity index is 1.64. The fourth-order valence-electron chi connectivity index (χ4n) is 3.06. The van der Waals surface area contributed by atoms with Gasteiger partial charge in [0.15, 0.2) is 0 Å². The van der Waals surface area contributed by atoms with Gasteiger partial charge in [-0.1, -0.05) is 12.8 Å². The lowest BCUT2D eigenvalue weighted by Crippen LogP contribution is -2.45. The number of carbonyl (C=O) groups is 1. The fourth-order valence-corrected chi connectivity index (χ4v) is 3.06. The van der Waals surface area contributed by atoms with Crippen molar-refractivity contribution in [3.63, 3.8) is 0 Å². The molecule has 0 aromatic rings. The minimum atomic E-state index is -0.332. The van der Waals surface area contributed by atoms with Gasteiger partial charge >= 0.3 is 0 Å². The highest BCUT2D eigenvalue weighted by atomic mass is 16.3. The molecule has 1 saturated heterocycles. The Kier molecular flexibility index (Phi) is 5.45. The summed E-state index contributed by atoms with van der Waals surface area (Å²) in [5.74, 6) is 0.827. The Hall–Kier alpha value is -0.610. The average molecular weight is 254 g/mol. The zero-order valence-electron chi connectivity index (χ0n) is 11.2. The molecule has 1 aliphatic heterocycles. The van der Waals surface area contributed by atoms with Gasteiger partial charge in [-0.3, -0.25) is 4.79 Å². The third kappa shape index (κ3) is 4.25. The molecule has 1 aliphatic carbocycles. The van der Waals surface area contributed by atoms with Gasteiger partial charge in [0.2, 0.25) is 5.91 Å². The highest BCUT2D eigenvalue weighted by Gasteiger charge is 2.24. The van der Waals surface area contributed by atoms with Crippen molar-refractivity contribution in [2.45, 2.75) is 63.5 Å². The number of aliphatic hydroxyl groups excluding tert-OH is 1. The van der Waals surface area contributed by atoms with Gasteiger partial charge in [0.25, 0.3) is 0 Å². The molecule has 0 radical (unpaired) electrons. The molecule has 2 atom stereocenters. The molecule has 0 aromatic carbocycles. The van der Waals surface area contributed by atoms with Crippen LogP contribution in [-0.2, 0) is 4.79 Å². The van der Waals surface area contributed by atoms with E-state index in [9.17, 15) is 9.90 Å². The first-order chi connectivity index (χ1) is 8.75. The summed E-state index contributed by atoms with van der Waals surface area (Å²) in [5, 5.41) is 16.2. The molecule has 4 nitrogen and oxygen atoms in total. The second-order valence-electron chi connectivity index (χ2n) is 5.76. The third-order valence-electron chi connectivity index (χ3n) is 4.31. The predicted molar refractivity (Wildman–Crippen MR) is 71.2 cm³/mol. The van der Waals surface area contributed by atoms with Crippen LogP contribution in [0.3, 0.4) is 0 Å². The zero-order valence-corrected chi connectivity index (χ0v) is 11.2. The van der Waals surface area contributed by atoms with Crippen molar-refractivity contribution in [1.82, 2.24) is 10.6 Å². The summed E-state index contributed by atoms with van der Waals surface area (Å²) in [4.78, 5) is 11.9. The molecule has 104 valence electrons. The van der Waals surface area contributed by atoms with E-state index < -0.39 is 0 Å². The zero-order chi connectivity index (χ0) is 12.8. The van der Waals surface area contributed by atoms with E-state index in [4.69, 9.17) is 0 Å². The Morgan fingerprint density at radius 1 is 1.17 bits per heavy atom. The molecule has 0 bridgehead atoms. The van der Waals surface area contributed by atoms with Crippen molar-refractivity contribution in [3.05, 3.63) is 0 Å². The van der Waals surface area contributed by atoms with Crippen LogP contribution < -0.4 is 10.6 Å². The fraction of sp³-hybridized carbons (Fsp3) is 0.929. The molecular formula is C14H26N2O2. The molecule has 18 heavy (non-hydrogen) atoms. The Morgan fingerprint density at radius 2 is 1.89 bits per heavy atom. The molecule has 0 aromatic heterocycles. The Labute approximate surface area is 110 Å². The van der Waals surface area contributed by atoms with Gasteiger partial charge in [0.1, 0.15) is 0 Å². The standard InChI is InChI=1S/C14H26N2O2/c17-13-4-2-1-3-12(13)16-14(18)6-5-11-7-9-15-10-8-11/h11-13,15,17H,1-10H2,(H,16,18)/t12-,13-/m1/s1. The lowest BCUT2D eigenvalue weighted by molar-refractivity contribution is -0.123. The quantitative estimate of drug-likeness (QED) is 0.706. The van der Waals surface area contributed by atoms with E-state index >= 15 is 0 Å². The summed E-state index contributed by atoms with van der Waals surface area (Å²) in [6.45, 7) is 2.18. The number of piperidine rings is 1. The monoisotopic (exact) mass is 254 g/mol. The van der Waals surface area contributed by atoms with Crippen molar-refractivity contribution >= 4 is 5.91 Å². The largest absolute Gasteiger partial charge is 0.391 e. The first kappa shape index (κ1) is 13.8. The first-order valence-electron chi connectivity index (χ1n) is 7.44. The summed E-state index contributed by atoms with van der Waals surface area (Å²) in [6, 6.07) is -0.000674. The molecule has 2 aliphatic rings. The van der Waals surface area contributed by atoms with Gasteiger partial charge < -0.3 is 15.7 Å². The Morgan fingerprint density at radius 3 is 2.61 bits per heavy atom. The lowest BCUT2D eigenvalue weighted by Gasteiger charge is -2.28. The van der Waals surface area contributed by atoms with Gasteiger partial charge in [0, 0.05) is 6.42 Å². The third-order valence-corrected chi connectivity index (χ3v) is 4.31. The molecule has 1 heterocycles. The molecule has 4 heteroatoms. The van der Waals surface area contributed by atoms with Crippen molar-refractivity contribution in [2.24, 2.45) is 5.92 Å². The molecule has 0 unspecified atom stereocenters. The molecule has 1 saturated carbocycles. The van der Waals surface area contributed by atoms with Crippen molar-refractivity contribution in [2.75, 3.05) is 13.1 Å². The molecule has 2 fully saturated rings. The molecule has 2 rings (SSSR count). The van der Waals surface area contributed by atoms with E-state index in [1.165, 1.54) is 12.8 Å². The minimum Gasteiger partial charge on any atom is -0.391 e. The van der Waals surface area contributed by atoms with Crippen molar-refractivity contribution in [3.8, 4) is 0 Å². The maximum absolute atomic E-state index is 11.9. The van der Waals surface area contributed by atoms with Crippen LogP contribution in [0.15, 0.2) is 0 Å². The lowest BCUT2D eigenvalue weighted by atomic mass is 9.91. The van der Waals surface area contributed by atoms with Gasteiger partial charge in [-0.25, -0.2) is 0 Å². The van der Waals surface area contributed by atoms with Crippen LogP contribution in [0.5, 0.6) is 0 Å². The van der Waals surface area contributed by atoms with E-state index in [1.807, 2.05) is 0 Å². The number of carbonyl (C=O) groups excluding carboxylic acids is 1. The maximum Gasteiger partial charge on any atom is 0.220 e. The van der Waals surface area contributed by atoms with Crippen molar-refractivity contribution in [1.29, 1.82) is 0 Å². The average Bonchev–Trinajstić information content (AvgIpc) is 2.40. The topological polar surface area (TPSA) is 61.4 Å². The summed E-state index contributed by atoms with van der Waals surface area (Å²) in [7, 11) is 0. The maximum atomic E-state index is 11.9. The van der Waals surface area contributed by atoms with Crippen LogP contribution in [0.2, 0.25) is 0 Å². The molecule has 3 N–H and O–H groups in total. The van der Waals surface area contributed by atoms with Gasteiger partial charge in [-0.2, -0.15) is 0 Å². The van der Waals surface area contributed by atoms with Gasteiger partial charge in [-0.05, 0) is 51.1 Å². The molecule has 0 spiro atoms. The van der Waals surface area contributed by atoms with E-state index in [0.29, 0.717) is 12.3 Å². The Bertz CT molecular complexity index is 265. The van der Waals surface area contributed by atoms with Crippen LogP contribution >= 0.6 is 0 Å². The summed E-state index contributed by atoms with van der Waals surface area (Å²) in [6.07, 6.45) is 7.64. The van der Waals surface area contributed by atoms with Gasteiger partial charge in [-0.15, -0.1) is 0 Å². The SMILES string of the molecule is O=C(CCC1CCNCC1)N[C@@H]1CCCC[C@H]1O. The second kappa shape index (κ2) is 7.10. The summed E-state index contributed by atoms with van der Waals surface area (Å²) in [5.41, 5.74) is 0. The van der Waals surface area contributed by atoms with E-state index in [0.717, 1.165) is 45.2 Å². The normalized spacial score (nSPS) is 30.1. The van der Waals surface area contributed by atoms with E-state index in [-0.39, 0.29) is 18.1 Å². The second-order valence-corrected chi connectivity index (χ2v) is 5.76. The van der Waals surface area contributed by atoms with Crippen LogP contribution in [0.25, 0.3) is 0 Å². The van der Waals surface area contributed by atoms with Crippen LogP contribution in [0.4, 0.5) is 0 Å². The highest BCUT2D eigenvalue weighted by Crippen LogP contribution is 2.20. The number of hydrogen-bond donors (Lipinski definition) is 3. The van der Waals surface area contributed by atoms with Gasteiger partial charge in [0.05, 0.1) is 12.1 Å².